The highest BCUT2D eigenvalue weighted by atomic mass is 16.7. The molecule has 1 N–H and O–H groups in total. The second-order valence-corrected chi connectivity index (χ2v) is 5.59. The van der Waals surface area contributed by atoms with E-state index in [1.807, 2.05) is 6.07 Å². The van der Waals surface area contributed by atoms with Gasteiger partial charge in [0.15, 0.2) is 0 Å². The van der Waals surface area contributed by atoms with E-state index in [0.29, 0.717) is 24.3 Å². The molecule has 23 heavy (non-hydrogen) atoms. The summed E-state index contributed by atoms with van der Waals surface area (Å²) in [6.45, 7) is 0.596. The second kappa shape index (κ2) is 8.53. The Morgan fingerprint density at radius 3 is 2.78 bits per heavy atom. The third-order valence-electron chi connectivity index (χ3n) is 3.96. The van der Waals surface area contributed by atoms with Crippen LogP contribution in [-0.2, 0) is 9.63 Å². The van der Waals surface area contributed by atoms with Crippen LogP contribution in [0.1, 0.15) is 42.5 Å². The van der Waals surface area contributed by atoms with Gasteiger partial charge in [0.05, 0.1) is 19.3 Å². The number of amides is 2. The molecule has 6 nitrogen and oxygen atoms in total. The maximum atomic E-state index is 12.5. The van der Waals surface area contributed by atoms with Crippen molar-refractivity contribution in [1.29, 1.82) is 0 Å². The molecular formula is C17H24N2O4. The normalized spacial score (nSPS) is 19.4. The summed E-state index contributed by atoms with van der Waals surface area (Å²) in [4.78, 5) is 29.9. The Labute approximate surface area is 136 Å². The molecule has 0 bridgehead atoms. The van der Waals surface area contributed by atoms with Gasteiger partial charge in [-0.15, -0.1) is 0 Å². The van der Waals surface area contributed by atoms with Gasteiger partial charge in [0.25, 0.3) is 11.8 Å². The summed E-state index contributed by atoms with van der Waals surface area (Å²) >= 11 is 0. The first kappa shape index (κ1) is 17.3. The molecule has 0 aliphatic carbocycles. The average molecular weight is 320 g/mol. The zero-order valence-corrected chi connectivity index (χ0v) is 13.7. The van der Waals surface area contributed by atoms with Crippen molar-refractivity contribution in [2.75, 3.05) is 20.8 Å². The number of nitrogens with zero attached hydrogens (tertiary/aromatic N) is 1. The minimum absolute atomic E-state index is 0.253. The van der Waals surface area contributed by atoms with Crippen molar-refractivity contribution >= 4 is 11.8 Å². The molecule has 2 amide bonds. The van der Waals surface area contributed by atoms with E-state index in [1.54, 1.807) is 25.2 Å². The SMILES string of the molecule is CON(C)C(=O)C1CCCCCCOc2ccccc2C(=O)N1. The number of hydroxylamine groups is 2. The molecule has 0 aromatic heterocycles. The molecule has 1 heterocycles. The largest absolute Gasteiger partial charge is 0.493 e. The number of rotatable bonds is 2. The lowest BCUT2D eigenvalue weighted by molar-refractivity contribution is -0.171. The number of nitrogens with one attached hydrogen (secondary N) is 1. The molecule has 0 saturated carbocycles. The van der Waals surface area contributed by atoms with Crippen molar-refractivity contribution in [2.45, 2.75) is 38.1 Å². The van der Waals surface area contributed by atoms with Gasteiger partial charge in [0.2, 0.25) is 0 Å². The Morgan fingerprint density at radius 2 is 2.00 bits per heavy atom. The van der Waals surface area contributed by atoms with Crippen LogP contribution in [0, 0.1) is 0 Å². The minimum atomic E-state index is -0.597. The number of ether oxygens (including phenoxy) is 1. The molecule has 1 aromatic carbocycles. The highest BCUT2D eigenvalue weighted by Gasteiger charge is 2.25. The van der Waals surface area contributed by atoms with E-state index in [0.717, 1.165) is 30.7 Å². The van der Waals surface area contributed by atoms with Crippen molar-refractivity contribution in [3.63, 3.8) is 0 Å². The third kappa shape index (κ3) is 4.69. The Hall–Kier alpha value is -2.08. The van der Waals surface area contributed by atoms with Gasteiger partial charge in [-0.2, -0.15) is 0 Å². The highest BCUT2D eigenvalue weighted by Crippen LogP contribution is 2.20. The molecule has 1 aromatic rings. The van der Waals surface area contributed by atoms with Gasteiger partial charge in [-0.05, 0) is 25.0 Å². The Kier molecular flexibility index (Phi) is 6.40. The zero-order chi connectivity index (χ0) is 16.7. The van der Waals surface area contributed by atoms with Crippen molar-refractivity contribution in [3.8, 4) is 5.75 Å². The summed E-state index contributed by atoms with van der Waals surface area (Å²) in [6.07, 6.45) is 4.45. The molecule has 1 aliphatic rings. The molecule has 0 radical (unpaired) electrons. The van der Waals surface area contributed by atoms with E-state index in [1.165, 1.54) is 7.11 Å². The van der Waals surface area contributed by atoms with Crippen LogP contribution in [-0.4, -0.2) is 43.7 Å². The fraction of sp³-hybridized carbons (Fsp3) is 0.529. The van der Waals surface area contributed by atoms with Gasteiger partial charge in [0.1, 0.15) is 11.8 Å². The maximum Gasteiger partial charge on any atom is 0.268 e. The zero-order valence-electron chi connectivity index (χ0n) is 13.7. The summed E-state index contributed by atoms with van der Waals surface area (Å²) in [5.74, 6) is -0.00259. The summed E-state index contributed by atoms with van der Waals surface area (Å²) in [6, 6.07) is 6.50. The fourth-order valence-electron chi connectivity index (χ4n) is 2.57. The fourth-order valence-corrected chi connectivity index (χ4v) is 2.57. The van der Waals surface area contributed by atoms with Crippen LogP contribution < -0.4 is 10.1 Å². The lowest BCUT2D eigenvalue weighted by Gasteiger charge is -2.23. The standard InChI is InChI=1S/C17H24N2O4/c1-19(22-2)17(21)14-10-5-3-4-8-12-23-15-11-7-6-9-13(15)16(20)18-14/h6-7,9,11,14H,3-5,8,10,12H2,1-2H3,(H,18,20). The predicted octanol–water partition coefficient (Wildman–Crippen LogP) is 2.15. The molecule has 126 valence electrons. The van der Waals surface area contributed by atoms with Crippen LogP contribution in [0.2, 0.25) is 0 Å². The molecule has 1 atom stereocenters. The van der Waals surface area contributed by atoms with E-state index in [9.17, 15) is 9.59 Å². The molecule has 1 unspecified atom stereocenters. The van der Waals surface area contributed by atoms with Crippen molar-refractivity contribution < 1.29 is 19.2 Å². The van der Waals surface area contributed by atoms with Crippen LogP contribution in [0.15, 0.2) is 24.3 Å². The van der Waals surface area contributed by atoms with Crippen LogP contribution in [0.3, 0.4) is 0 Å². The van der Waals surface area contributed by atoms with Gasteiger partial charge in [-0.3, -0.25) is 14.4 Å². The van der Waals surface area contributed by atoms with Gasteiger partial charge < -0.3 is 10.1 Å². The van der Waals surface area contributed by atoms with E-state index >= 15 is 0 Å². The van der Waals surface area contributed by atoms with Crippen LogP contribution >= 0.6 is 0 Å². The number of para-hydroxylation sites is 1. The first-order valence-electron chi connectivity index (χ1n) is 7.98. The molecule has 0 saturated heterocycles. The number of hydrogen-bond donors (Lipinski definition) is 1. The summed E-state index contributed by atoms with van der Waals surface area (Å²) < 4.78 is 5.71. The molecule has 1 aliphatic heterocycles. The van der Waals surface area contributed by atoms with E-state index in [2.05, 4.69) is 5.32 Å². The van der Waals surface area contributed by atoms with Gasteiger partial charge in [0, 0.05) is 7.05 Å². The van der Waals surface area contributed by atoms with Gasteiger partial charge in [-0.25, -0.2) is 5.06 Å². The van der Waals surface area contributed by atoms with Gasteiger partial charge >= 0.3 is 0 Å². The predicted molar refractivity (Wildman–Crippen MR) is 86.1 cm³/mol. The summed E-state index contributed by atoms with van der Waals surface area (Å²) in [5, 5.41) is 3.97. The number of fused-ring (bicyclic) bond motifs is 1. The van der Waals surface area contributed by atoms with E-state index in [4.69, 9.17) is 9.57 Å². The molecule has 0 spiro atoms. The lowest BCUT2D eigenvalue weighted by atomic mass is 10.0. The topological polar surface area (TPSA) is 67.9 Å². The van der Waals surface area contributed by atoms with Crippen LogP contribution in [0.25, 0.3) is 0 Å². The van der Waals surface area contributed by atoms with Crippen molar-refractivity contribution in [1.82, 2.24) is 10.4 Å². The number of carbonyl (C=O) groups excluding carboxylic acids is 2. The maximum absolute atomic E-state index is 12.5. The number of benzene rings is 1. The van der Waals surface area contributed by atoms with Crippen molar-refractivity contribution in [3.05, 3.63) is 29.8 Å². The minimum Gasteiger partial charge on any atom is -0.493 e. The van der Waals surface area contributed by atoms with Gasteiger partial charge in [-0.1, -0.05) is 31.4 Å². The Bertz CT molecular complexity index is 547. The monoisotopic (exact) mass is 320 g/mol. The third-order valence-corrected chi connectivity index (χ3v) is 3.96. The molecule has 2 rings (SSSR count). The Morgan fingerprint density at radius 1 is 1.26 bits per heavy atom. The summed E-state index contributed by atoms with van der Waals surface area (Å²) in [5.41, 5.74) is 0.450. The Balaban J connectivity index is 2.21. The average Bonchev–Trinajstić information content (AvgIpc) is 2.57. The number of likely N-dealkylation sites (N-methyl/N-ethyl adjacent to an activating group) is 1. The molecule has 0 fully saturated rings. The second-order valence-electron chi connectivity index (χ2n) is 5.59. The lowest BCUT2D eigenvalue weighted by Crippen LogP contribution is -2.47. The molecule has 6 heteroatoms. The molecular weight excluding hydrogens is 296 g/mol. The highest BCUT2D eigenvalue weighted by molar-refractivity contribution is 5.99. The van der Waals surface area contributed by atoms with E-state index < -0.39 is 6.04 Å². The smallest absolute Gasteiger partial charge is 0.268 e. The number of carbonyl (C=O) groups is 2. The first-order chi connectivity index (χ1) is 11.1. The quantitative estimate of drug-likeness (QED) is 0.848. The van der Waals surface area contributed by atoms with Crippen molar-refractivity contribution in [2.24, 2.45) is 0 Å². The van der Waals surface area contributed by atoms with E-state index in [-0.39, 0.29) is 11.8 Å². The summed E-state index contributed by atoms with van der Waals surface area (Å²) in [7, 11) is 2.97. The van der Waals surface area contributed by atoms with Crippen LogP contribution in [0.4, 0.5) is 0 Å². The first-order valence-corrected chi connectivity index (χ1v) is 7.98. The number of hydrogen-bond acceptors (Lipinski definition) is 4. The van der Waals surface area contributed by atoms with Crippen LogP contribution in [0.5, 0.6) is 5.75 Å².